The first kappa shape index (κ1) is 48.5. The Balaban J connectivity index is 1.29. The summed E-state index contributed by atoms with van der Waals surface area (Å²) in [6.45, 7) is 6.06. The van der Waals surface area contributed by atoms with Crippen molar-refractivity contribution in [1.29, 1.82) is 0 Å². The first-order valence-corrected chi connectivity index (χ1v) is 24.4. The Bertz CT molecular complexity index is 2150. The average Bonchev–Trinajstić information content (AvgIpc) is 4.13. The summed E-state index contributed by atoms with van der Waals surface area (Å²) >= 11 is 5.08. The fraction of sp³-hybridized carbons (Fsp3) is 0.429. The molecule has 64 heavy (non-hydrogen) atoms. The zero-order valence-electron chi connectivity index (χ0n) is 36.0. The van der Waals surface area contributed by atoms with Gasteiger partial charge in [0.1, 0.15) is 45.6 Å². The van der Waals surface area contributed by atoms with Gasteiger partial charge < -0.3 is 51.9 Å². The molecule has 2 aliphatic rings. The van der Waals surface area contributed by atoms with E-state index in [1.807, 2.05) is 60.7 Å². The molecule has 6 rings (SSSR count). The van der Waals surface area contributed by atoms with E-state index in [-0.39, 0.29) is 23.3 Å². The highest BCUT2D eigenvalue weighted by Gasteiger charge is 2.42. The normalized spacial score (nSPS) is 18.9. The van der Waals surface area contributed by atoms with Crippen molar-refractivity contribution in [3.05, 3.63) is 60.7 Å². The molecule has 2 aromatic heterocycles. The maximum absolute atomic E-state index is 14.1. The highest BCUT2D eigenvalue weighted by molar-refractivity contribution is 7.99. The van der Waals surface area contributed by atoms with Crippen molar-refractivity contribution in [3.63, 3.8) is 0 Å². The number of amides is 6. The molecule has 8 atom stereocenters. The van der Waals surface area contributed by atoms with Crippen LogP contribution in [-0.4, -0.2) is 151 Å². The van der Waals surface area contributed by atoms with E-state index in [4.69, 9.17) is 9.97 Å². The summed E-state index contributed by atoms with van der Waals surface area (Å²) in [7, 11) is 3.21. The van der Waals surface area contributed by atoms with E-state index in [0.29, 0.717) is 42.5 Å². The second-order valence-corrected chi connectivity index (χ2v) is 19.2. The van der Waals surface area contributed by atoms with Crippen molar-refractivity contribution in [2.75, 3.05) is 48.0 Å². The molecule has 2 saturated heterocycles. The van der Waals surface area contributed by atoms with Crippen LogP contribution >= 0.6 is 46.2 Å². The number of benzene rings is 2. The first-order chi connectivity index (χ1) is 30.6. The predicted octanol–water partition coefficient (Wildman–Crippen LogP) is 2.23. The Morgan fingerprint density at radius 2 is 0.969 bits per heavy atom. The van der Waals surface area contributed by atoms with Crippen molar-refractivity contribution in [3.8, 4) is 32.5 Å². The minimum Gasteiger partial charge on any atom is -0.391 e. The summed E-state index contributed by atoms with van der Waals surface area (Å²) in [5.74, 6) is -2.19. The van der Waals surface area contributed by atoms with Crippen LogP contribution in [0.2, 0.25) is 0 Å². The third-order valence-corrected chi connectivity index (χ3v) is 14.8. The Kier molecular flexibility index (Phi) is 16.5. The number of carbonyl (C=O) groups excluding carboxylic acids is 6. The van der Waals surface area contributed by atoms with Gasteiger partial charge in [-0.1, -0.05) is 83.3 Å². The second-order valence-electron chi connectivity index (χ2n) is 15.2. The number of aliphatic hydroxyl groups is 2. The summed E-state index contributed by atoms with van der Waals surface area (Å²) in [5, 5.41) is 39.6. The number of nitrogens with one attached hydrogen (secondary N) is 6. The molecule has 0 saturated carbocycles. The van der Waals surface area contributed by atoms with Crippen LogP contribution < -0.4 is 31.9 Å². The van der Waals surface area contributed by atoms with E-state index in [2.05, 4.69) is 31.9 Å². The number of carbonyl (C=O) groups is 6. The maximum Gasteiger partial charge on any atom is 0.249 e. The highest BCUT2D eigenvalue weighted by Crippen LogP contribution is 2.44. The molecule has 8 N–H and O–H groups in total. The average molecular weight is 953 g/mol. The monoisotopic (exact) mass is 952 g/mol. The SMILES string of the molecule is CN[C@@H](C)C(=O)N[C@H](C(=O)N1CSC[C@H]1C(=O)Nc1sc(-c2nc(-c3ccccc3)c(NC(=O)[C@@H]3CSCN3C(=O)[C@@H](NC(=O)[C@H](C)NC)C(C)O)s2)nc1-c1ccccc1)C(C)O. The van der Waals surface area contributed by atoms with E-state index in [0.717, 1.165) is 0 Å². The summed E-state index contributed by atoms with van der Waals surface area (Å²) in [5.41, 5.74) is 2.31. The molecule has 2 aliphatic heterocycles. The predicted molar refractivity (Wildman–Crippen MR) is 252 cm³/mol. The largest absolute Gasteiger partial charge is 0.391 e. The van der Waals surface area contributed by atoms with Gasteiger partial charge in [0, 0.05) is 22.6 Å². The second kappa shape index (κ2) is 21.8. The molecule has 4 aromatic rings. The number of likely N-dealkylation sites (N-methyl/N-ethyl adjacent to an activating group) is 2. The lowest BCUT2D eigenvalue weighted by molar-refractivity contribution is -0.142. The van der Waals surface area contributed by atoms with Crippen LogP contribution in [0.3, 0.4) is 0 Å². The first-order valence-electron chi connectivity index (χ1n) is 20.5. The van der Waals surface area contributed by atoms with Crippen LogP contribution in [0.4, 0.5) is 10.0 Å². The van der Waals surface area contributed by atoms with Crippen LogP contribution in [0.25, 0.3) is 32.5 Å². The molecular weight excluding hydrogens is 901 g/mol. The van der Waals surface area contributed by atoms with Gasteiger partial charge in [-0.3, -0.25) is 28.8 Å². The third kappa shape index (κ3) is 11.1. The quantitative estimate of drug-likeness (QED) is 0.0757. The van der Waals surface area contributed by atoms with Crippen molar-refractivity contribution in [2.45, 2.75) is 76.2 Å². The Morgan fingerprint density at radius 1 is 0.609 bits per heavy atom. The molecular formula is C42H52N10O8S4. The number of aliphatic hydroxyl groups excluding tert-OH is 2. The van der Waals surface area contributed by atoms with Crippen LogP contribution in [0, 0.1) is 0 Å². The van der Waals surface area contributed by atoms with E-state index < -0.39 is 83.9 Å². The number of hydrogen-bond donors (Lipinski definition) is 8. The van der Waals surface area contributed by atoms with E-state index in [1.165, 1.54) is 69.8 Å². The molecule has 342 valence electrons. The molecule has 18 nitrogen and oxygen atoms in total. The standard InChI is InChI=1S/C42H52N10O8S4/c1-21(43-5)33(55)45-29(23(3)53)41(59)51-19-61-17-27(51)35(57)49-37-31(25-13-9-7-10-14-25)47-39(63-37)40-48-32(26-15-11-8-12-16-26)38(64-40)50-36(58)28-18-62-20-52(28)42(60)30(24(4)54)46-34(56)22(2)44-6/h7-16,21-24,27-30,43-44,53-54H,17-20H2,1-6H3,(H,45,55)(H,46,56)(H,49,57)(H,50,58)/t21-,22-,23?,24?,27-,28-,29-,30-/m0/s1. The molecule has 2 fully saturated rings. The Labute approximate surface area is 387 Å². The summed E-state index contributed by atoms with van der Waals surface area (Å²) < 4.78 is 0. The minimum atomic E-state index is -1.28. The highest BCUT2D eigenvalue weighted by atomic mass is 32.2. The number of thioether (sulfide) groups is 2. The molecule has 0 bridgehead atoms. The topological polar surface area (TPSA) is 247 Å². The molecule has 2 aromatic carbocycles. The molecule has 0 spiro atoms. The molecule has 0 radical (unpaired) electrons. The van der Waals surface area contributed by atoms with Crippen LogP contribution in [0.5, 0.6) is 0 Å². The van der Waals surface area contributed by atoms with E-state index in [9.17, 15) is 39.0 Å². The fourth-order valence-corrected chi connectivity index (χ4v) is 11.0. The van der Waals surface area contributed by atoms with Gasteiger partial charge in [0.25, 0.3) is 0 Å². The van der Waals surface area contributed by atoms with Crippen LogP contribution in [0.1, 0.15) is 27.7 Å². The lowest BCUT2D eigenvalue weighted by Crippen LogP contribution is -2.58. The van der Waals surface area contributed by atoms with Gasteiger partial charge in [-0.25, -0.2) is 9.97 Å². The number of thiazole rings is 2. The zero-order chi connectivity index (χ0) is 46.2. The Hall–Kier alpha value is -4.94. The smallest absolute Gasteiger partial charge is 0.249 e. The molecule has 22 heteroatoms. The van der Waals surface area contributed by atoms with Crippen molar-refractivity contribution >= 4 is 91.6 Å². The number of aromatic nitrogens is 2. The molecule has 0 aliphatic carbocycles. The van der Waals surface area contributed by atoms with Crippen LogP contribution in [0.15, 0.2) is 60.7 Å². The lowest BCUT2D eigenvalue weighted by atomic mass is 10.1. The number of rotatable bonds is 17. The van der Waals surface area contributed by atoms with Gasteiger partial charge in [-0.2, -0.15) is 0 Å². The van der Waals surface area contributed by atoms with Crippen molar-refractivity contribution in [2.24, 2.45) is 0 Å². The van der Waals surface area contributed by atoms with Crippen LogP contribution in [-0.2, 0) is 28.8 Å². The molecule has 2 unspecified atom stereocenters. The third-order valence-electron chi connectivity index (χ3n) is 10.7. The number of hydrogen-bond acceptors (Lipinski definition) is 16. The summed E-state index contributed by atoms with van der Waals surface area (Å²) in [6, 6.07) is 12.8. The Morgan fingerprint density at radius 3 is 1.30 bits per heavy atom. The molecule has 6 amide bonds. The van der Waals surface area contributed by atoms with Gasteiger partial charge in [0.15, 0.2) is 10.0 Å². The fourth-order valence-electron chi connectivity index (χ4n) is 6.67. The zero-order valence-corrected chi connectivity index (χ0v) is 39.3. The maximum atomic E-state index is 14.1. The lowest BCUT2D eigenvalue weighted by Gasteiger charge is -2.30. The van der Waals surface area contributed by atoms with Gasteiger partial charge in [-0.15, -0.1) is 23.5 Å². The van der Waals surface area contributed by atoms with Crippen molar-refractivity contribution < 1.29 is 39.0 Å². The van der Waals surface area contributed by atoms with E-state index >= 15 is 0 Å². The van der Waals surface area contributed by atoms with E-state index in [1.54, 1.807) is 27.9 Å². The van der Waals surface area contributed by atoms with Crippen molar-refractivity contribution in [1.82, 2.24) is 41.0 Å². The van der Waals surface area contributed by atoms with Gasteiger partial charge in [-0.05, 0) is 41.8 Å². The van der Waals surface area contributed by atoms with Gasteiger partial charge in [0.05, 0.1) is 36.0 Å². The number of anilines is 2. The molecule has 4 heterocycles. The van der Waals surface area contributed by atoms with Gasteiger partial charge >= 0.3 is 0 Å². The number of nitrogens with zero attached hydrogens (tertiary/aromatic N) is 4. The van der Waals surface area contributed by atoms with Gasteiger partial charge in [0.2, 0.25) is 35.4 Å². The summed E-state index contributed by atoms with van der Waals surface area (Å²) in [6.07, 6.45) is -2.46. The summed E-state index contributed by atoms with van der Waals surface area (Å²) in [4.78, 5) is 93.9. The minimum absolute atomic E-state index is 0.173.